The smallest absolute Gasteiger partial charge is 0.238 e. The summed E-state index contributed by atoms with van der Waals surface area (Å²) in [5.41, 5.74) is 0.919. The fourth-order valence-corrected chi connectivity index (χ4v) is 2.04. The third kappa shape index (κ3) is 2.74. The van der Waals surface area contributed by atoms with Gasteiger partial charge in [0.2, 0.25) is 10.0 Å². The summed E-state index contributed by atoms with van der Waals surface area (Å²) in [7, 11) is -3.65. The van der Waals surface area contributed by atoms with Gasteiger partial charge in [0.05, 0.1) is 11.0 Å². The summed E-state index contributed by atoms with van der Waals surface area (Å²) < 4.78 is 28.1. The zero-order valence-corrected chi connectivity index (χ0v) is 9.96. The van der Waals surface area contributed by atoms with Crippen LogP contribution in [0.2, 0.25) is 0 Å². The molecular formula is C11H15NO3S. The lowest BCUT2D eigenvalue weighted by molar-refractivity contribution is 0.302. The van der Waals surface area contributed by atoms with Gasteiger partial charge in [-0.25, -0.2) is 13.6 Å². The van der Waals surface area contributed by atoms with E-state index < -0.39 is 10.0 Å². The van der Waals surface area contributed by atoms with Gasteiger partial charge in [0.25, 0.3) is 0 Å². The molecule has 4 nitrogen and oxygen atoms in total. The Kier molecular flexibility index (Phi) is 2.90. The summed E-state index contributed by atoms with van der Waals surface area (Å²) in [6, 6.07) is 4.95. The lowest BCUT2D eigenvalue weighted by atomic mass is 10.2. The highest BCUT2D eigenvalue weighted by Gasteiger charge is 2.24. The summed E-state index contributed by atoms with van der Waals surface area (Å²) in [6.07, 6.45) is 3.09. The number of ether oxygens (including phenoxy) is 1. The number of rotatable bonds is 4. The SMILES string of the molecule is CCc1cc(OC2CC2)cc(S(N)(=O)=O)c1. The van der Waals surface area contributed by atoms with Crippen LogP contribution in [0.25, 0.3) is 0 Å². The van der Waals surface area contributed by atoms with Gasteiger partial charge in [-0.3, -0.25) is 0 Å². The molecule has 0 bridgehead atoms. The van der Waals surface area contributed by atoms with Crippen LogP contribution in [-0.2, 0) is 16.4 Å². The fraction of sp³-hybridized carbons (Fsp3) is 0.455. The molecule has 16 heavy (non-hydrogen) atoms. The van der Waals surface area contributed by atoms with Crippen LogP contribution >= 0.6 is 0 Å². The van der Waals surface area contributed by atoms with Gasteiger partial charge in [-0.05, 0) is 37.0 Å². The van der Waals surface area contributed by atoms with E-state index in [-0.39, 0.29) is 11.0 Å². The average Bonchev–Trinajstić information content (AvgIpc) is 3.00. The lowest BCUT2D eigenvalue weighted by Gasteiger charge is -2.08. The van der Waals surface area contributed by atoms with Crippen LogP contribution in [0, 0.1) is 0 Å². The first-order valence-electron chi connectivity index (χ1n) is 5.32. The molecule has 2 N–H and O–H groups in total. The summed E-state index contributed by atoms with van der Waals surface area (Å²) in [6.45, 7) is 1.96. The zero-order valence-electron chi connectivity index (χ0n) is 9.14. The number of hydrogen-bond acceptors (Lipinski definition) is 3. The Bertz CT molecular complexity index is 492. The van der Waals surface area contributed by atoms with Gasteiger partial charge in [-0.2, -0.15) is 0 Å². The van der Waals surface area contributed by atoms with E-state index in [2.05, 4.69) is 0 Å². The molecular weight excluding hydrogens is 226 g/mol. The molecule has 88 valence electrons. The molecule has 0 radical (unpaired) electrons. The van der Waals surface area contributed by atoms with Crippen LogP contribution in [0.3, 0.4) is 0 Å². The van der Waals surface area contributed by atoms with Gasteiger partial charge < -0.3 is 4.74 Å². The molecule has 0 heterocycles. The third-order valence-electron chi connectivity index (χ3n) is 2.50. The number of hydrogen-bond donors (Lipinski definition) is 1. The predicted molar refractivity (Wildman–Crippen MR) is 60.8 cm³/mol. The highest BCUT2D eigenvalue weighted by Crippen LogP contribution is 2.29. The van der Waals surface area contributed by atoms with Crippen molar-refractivity contribution >= 4 is 10.0 Å². The van der Waals surface area contributed by atoms with E-state index in [1.165, 1.54) is 6.07 Å². The Labute approximate surface area is 95.5 Å². The summed E-state index contributed by atoms with van der Waals surface area (Å²) in [5, 5.41) is 5.11. The summed E-state index contributed by atoms with van der Waals surface area (Å²) in [4.78, 5) is 0.127. The Hall–Kier alpha value is -1.07. The molecule has 2 rings (SSSR count). The van der Waals surface area contributed by atoms with Crippen molar-refractivity contribution in [1.29, 1.82) is 0 Å². The van der Waals surface area contributed by atoms with Crippen molar-refractivity contribution in [1.82, 2.24) is 0 Å². The number of primary sulfonamides is 1. The van der Waals surface area contributed by atoms with E-state index in [0.29, 0.717) is 5.75 Å². The first-order valence-corrected chi connectivity index (χ1v) is 6.87. The Morgan fingerprint density at radius 3 is 2.56 bits per heavy atom. The van der Waals surface area contributed by atoms with E-state index in [9.17, 15) is 8.42 Å². The van der Waals surface area contributed by atoms with Crippen LogP contribution < -0.4 is 9.88 Å². The topological polar surface area (TPSA) is 69.4 Å². The minimum atomic E-state index is -3.65. The Morgan fingerprint density at radius 1 is 1.38 bits per heavy atom. The van der Waals surface area contributed by atoms with E-state index in [4.69, 9.17) is 9.88 Å². The average molecular weight is 241 g/mol. The summed E-state index contributed by atoms with van der Waals surface area (Å²) >= 11 is 0. The molecule has 1 aliphatic rings. The second-order valence-electron chi connectivity index (χ2n) is 4.03. The van der Waals surface area contributed by atoms with Crippen molar-refractivity contribution in [2.75, 3.05) is 0 Å². The lowest BCUT2D eigenvalue weighted by Crippen LogP contribution is -2.13. The second kappa shape index (κ2) is 4.07. The molecule has 1 saturated carbocycles. The fourth-order valence-electron chi connectivity index (χ4n) is 1.45. The highest BCUT2D eigenvalue weighted by molar-refractivity contribution is 7.89. The molecule has 5 heteroatoms. The molecule has 0 aromatic heterocycles. The maximum absolute atomic E-state index is 11.3. The van der Waals surface area contributed by atoms with Gasteiger partial charge in [-0.15, -0.1) is 0 Å². The second-order valence-corrected chi connectivity index (χ2v) is 5.59. The molecule has 1 fully saturated rings. The highest BCUT2D eigenvalue weighted by atomic mass is 32.2. The van der Waals surface area contributed by atoms with E-state index in [1.807, 2.05) is 13.0 Å². The van der Waals surface area contributed by atoms with Crippen molar-refractivity contribution in [3.05, 3.63) is 23.8 Å². The zero-order chi connectivity index (χ0) is 11.8. The van der Waals surface area contributed by atoms with E-state index in [0.717, 1.165) is 24.8 Å². The van der Waals surface area contributed by atoms with Gasteiger partial charge in [0.15, 0.2) is 0 Å². The third-order valence-corrected chi connectivity index (χ3v) is 3.40. The molecule has 1 aliphatic carbocycles. The standard InChI is InChI=1S/C11H15NO3S/c1-2-8-5-10(15-9-3-4-9)7-11(6-8)16(12,13)14/h5-7,9H,2-4H2,1H3,(H2,12,13,14). The van der Waals surface area contributed by atoms with Gasteiger partial charge in [0.1, 0.15) is 5.75 Å². The minimum Gasteiger partial charge on any atom is -0.490 e. The van der Waals surface area contributed by atoms with Crippen LogP contribution in [-0.4, -0.2) is 14.5 Å². The summed E-state index contributed by atoms with van der Waals surface area (Å²) in [5.74, 6) is 0.603. The largest absolute Gasteiger partial charge is 0.490 e. The van der Waals surface area contributed by atoms with Crippen molar-refractivity contribution in [3.8, 4) is 5.75 Å². The first-order chi connectivity index (χ1) is 7.49. The maximum Gasteiger partial charge on any atom is 0.238 e. The van der Waals surface area contributed by atoms with Crippen molar-refractivity contribution in [3.63, 3.8) is 0 Å². The minimum absolute atomic E-state index is 0.127. The molecule has 0 saturated heterocycles. The van der Waals surface area contributed by atoms with Crippen LogP contribution in [0.1, 0.15) is 25.3 Å². The monoisotopic (exact) mass is 241 g/mol. The Balaban J connectivity index is 2.37. The molecule has 0 spiro atoms. The predicted octanol–water partition coefficient (Wildman–Crippen LogP) is 1.44. The normalized spacial score (nSPS) is 16.1. The molecule has 1 aromatic carbocycles. The van der Waals surface area contributed by atoms with Gasteiger partial charge in [0, 0.05) is 6.07 Å². The molecule has 0 aliphatic heterocycles. The first kappa shape index (κ1) is 11.4. The van der Waals surface area contributed by atoms with Crippen LogP contribution in [0.15, 0.2) is 23.1 Å². The van der Waals surface area contributed by atoms with Crippen molar-refractivity contribution in [2.24, 2.45) is 5.14 Å². The molecule has 0 atom stereocenters. The molecule has 0 amide bonds. The number of benzene rings is 1. The van der Waals surface area contributed by atoms with Crippen LogP contribution in [0.5, 0.6) is 5.75 Å². The van der Waals surface area contributed by atoms with E-state index >= 15 is 0 Å². The van der Waals surface area contributed by atoms with E-state index in [1.54, 1.807) is 6.07 Å². The van der Waals surface area contributed by atoms with Gasteiger partial charge in [-0.1, -0.05) is 6.92 Å². The van der Waals surface area contributed by atoms with Crippen molar-refractivity contribution in [2.45, 2.75) is 37.2 Å². The quantitative estimate of drug-likeness (QED) is 0.867. The number of sulfonamides is 1. The molecule has 0 unspecified atom stereocenters. The molecule has 1 aromatic rings. The van der Waals surface area contributed by atoms with Crippen molar-refractivity contribution < 1.29 is 13.2 Å². The number of aryl methyl sites for hydroxylation is 1. The Morgan fingerprint density at radius 2 is 2.06 bits per heavy atom. The van der Waals surface area contributed by atoms with Crippen LogP contribution in [0.4, 0.5) is 0 Å². The number of nitrogens with two attached hydrogens (primary N) is 1. The maximum atomic E-state index is 11.3. The van der Waals surface area contributed by atoms with Gasteiger partial charge >= 0.3 is 0 Å².